The zero-order chi connectivity index (χ0) is 29.9. The molecule has 41 heavy (non-hydrogen) atoms. The molecule has 0 radical (unpaired) electrons. The van der Waals surface area contributed by atoms with Gasteiger partial charge in [0.2, 0.25) is 5.91 Å². The monoisotopic (exact) mass is 639 g/mol. The maximum absolute atomic E-state index is 13.6. The summed E-state index contributed by atoms with van der Waals surface area (Å²) < 4.78 is 43.1. The summed E-state index contributed by atoms with van der Waals surface area (Å²) in [5.74, 6) is 0.0244. The molecule has 2 aliphatic heterocycles. The highest BCUT2D eigenvalue weighted by Gasteiger charge is 2.41. The second-order valence-electron chi connectivity index (χ2n) is 11.9. The van der Waals surface area contributed by atoms with Crippen LogP contribution in [0.5, 0.6) is 5.75 Å². The number of hydrogen-bond donors (Lipinski definition) is 1. The van der Waals surface area contributed by atoms with Crippen LogP contribution in [0.4, 0.5) is 18.0 Å². The van der Waals surface area contributed by atoms with Crippen LogP contribution in [0.2, 0.25) is 0 Å². The van der Waals surface area contributed by atoms with E-state index in [1.165, 1.54) is 12.1 Å². The summed E-state index contributed by atoms with van der Waals surface area (Å²) >= 11 is 3.43. The maximum Gasteiger partial charge on any atom is 0.573 e. The zero-order valence-electron chi connectivity index (χ0n) is 23.5. The number of piperidine rings is 1. The third-order valence-corrected chi connectivity index (χ3v) is 8.42. The van der Waals surface area contributed by atoms with Gasteiger partial charge in [0.15, 0.2) is 0 Å². The predicted molar refractivity (Wildman–Crippen MR) is 152 cm³/mol. The van der Waals surface area contributed by atoms with Crippen molar-refractivity contribution < 1.29 is 27.5 Å². The Bertz CT molecular complexity index is 1200. The van der Waals surface area contributed by atoms with Crippen molar-refractivity contribution in [3.8, 4) is 5.75 Å². The molecule has 2 N–H and O–H groups in total. The van der Waals surface area contributed by atoms with Gasteiger partial charge in [-0.05, 0) is 69.9 Å². The SMILES string of the molecule is CC(C)(C)[C@H]1CN(C(c2ccc(OC(F)(F)F)cc2)c2ccc(Br)cn2)CCN1C(=O)CC1CCN(C(N)=O)CC1. The van der Waals surface area contributed by atoms with Crippen LogP contribution in [0.15, 0.2) is 47.1 Å². The molecule has 2 atom stereocenters. The highest BCUT2D eigenvalue weighted by molar-refractivity contribution is 9.10. The van der Waals surface area contributed by atoms with E-state index in [2.05, 4.69) is 51.3 Å². The number of likely N-dealkylation sites (tertiary alicyclic amines) is 1. The molecule has 0 spiro atoms. The van der Waals surface area contributed by atoms with Gasteiger partial charge in [-0.3, -0.25) is 14.7 Å². The number of nitrogens with zero attached hydrogens (tertiary/aromatic N) is 4. The summed E-state index contributed by atoms with van der Waals surface area (Å²) in [5, 5.41) is 0. The summed E-state index contributed by atoms with van der Waals surface area (Å²) in [6, 6.07) is 8.85. The van der Waals surface area contributed by atoms with Gasteiger partial charge in [0.1, 0.15) is 5.75 Å². The number of alkyl halides is 3. The normalized spacial score (nSPS) is 20.1. The number of halogens is 4. The van der Waals surface area contributed by atoms with E-state index >= 15 is 0 Å². The van der Waals surface area contributed by atoms with Crippen molar-refractivity contribution in [2.24, 2.45) is 17.1 Å². The van der Waals surface area contributed by atoms with Crippen molar-refractivity contribution in [1.29, 1.82) is 0 Å². The van der Waals surface area contributed by atoms with Crippen LogP contribution in [0.25, 0.3) is 0 Å². The maximum atomic E-state index is 13.6. The lowest BCUT2D eigenvalue weighted by Gasteiger charge is -2.49. The average Bonchev–Trinajstić information content (AvgIpc) is 2.90. The molecule has 12 heteroatoms. The van der Waals surface area contributed by atoms with Crippen LogP contribution in [0, 0.1) is 11.3 Å². The van der Waals surface area contributed by atoms with Crippen molar-refractivity contribution in [3.63, 3.8) is 0 Å². The lowest BCUT2D eigenvalue weighted by Crippen LogP contribution is -2.60. The van der Waals surface area contributed by atoms with E-state index in [9.17, 15) is 22.8 Å². The number of pyridine rings is 1. The molecule has 4 rings (SSSR count). The smallest absolute Gasteiger partial charge is 0.406 e. The standard InChI is InChI=1S/C29H37BrF3N5O3/c1-28(2,3)24-18-37(14-15-38(24)25(39)16-19-10-12-36(13-11-19)27(34)40)26(23-9-6-21(30)17-35-23)20-4-7-22(8-5-20)41-29(31,32)33/h4-9,17,19,24,26H,10-16,18H2,1-3H3,(H2,34,40)/t24-,26?/m1/s1. The number of nitrogens with two attached hydrogens (primary N) is 1. The number of ether oxygens (including phenoxy) is 1. The minimum atomic E-state index is -4.77. The summed E-state index contributed by atoms with van der Waals surface area (Å²) in [6.07, 6.45) is -1.14. The van der Waals surface area contributed by atoms with E-state index in [4.69, 9.17) is 5.73 Å². The average molecular weight is 641 g/mol. The Morgan fingerprint density at radius 1 is 1.05 bits per heavy atom. The van der Waals surface area contributed by atoms with Crippen LogP contribution in [0.3, 0.4) is 0 Å². The fourth-order valence-corrected chi connectivity index (χ4v) is 6.00. The second kappa shape index (κ2) is 12.6. The third kappa shape index (κ3) is 8.12. The first-order valence-corrected chi connectivity index (χ1v) is 14.6. The lowest BCUT2D eigenvalue weighted by molar-refractivity contribution is -0.274. The van der Waals surface area contributed by atoms with Crippen LogP contribution in [-0.4, -0.2) is 76.7 Å². The number of benzene rings is 1. The summed E-state index contributed by atoms with van der Waals surface area (Å²) in [6.45, 7) is 9.13. The van der Waals surface area contributed by atoms with Crippen LogP contribution in [0.1, 0.15) is 57.3 Å². The van der Waals surface area contributed by atoms with E-state index in [1.807, 2.05) is 17.0 Å². The van der Waals surface area contributed by atoms with E-state index in [0.717, 1.165) is 28.6 Å². The molecule has 2 aromatic rings. The Morgan fingerprint density at radius 3 is 2.24 bits per heavy atom. The summed E-state index contributed by atoms with van der Waals surface area (Å²) in [4.78, 5) is 35.6. The Morgan fingerprint density at radius 2 is 1.71 bits per heavy atom. The fraction of sp³-hybridized carbons (Fsp3) is 0.552. The van der Waals surface area contributed by atoms with E-state index in [0.29, 0.717) is 39.1 Å². The van der Waals surface area contributed by atoms with E-state index in [1.54, 1.807) is 23.2 Å². The topological polar surface area (TPSA) is 92.0 Å². The fourth-order valence-electron chi connectivity index (χ4n) is 5.77. The molecule has 2 saturated heterocycles. The largest absolute Gasteiger partial charge is 0.573 e. The molecule has 1 aromatic carbocycles. The number of carbonyl (C=O) groups is 2. The van der Waals surface area contributed by atoms with Crippen molar-refractivity contribution in [3.05, 3.63) is 58.3 Å². The van der Waals surface area contributed by atoms with Gasteiger partial charge in [0, 0.05) is 55.9 Å². The number of carbonyl (C=O) groups excluding carboxylic acids is 2. The molecule has 0 aliphatic carbocycles. The highest BCUT2D eigenvalue weighted by atomic mass is 79.9. The number of piperazine rings is 1. The summed E-state index contributed by atoms with van der Waals surface area (Å²) in [5.41, 5.74) is 6.71. The number of aromatic nitrogens is 1. The van der Waals surface area contributed by atoms with Crippen LogP contribution in [-0.2, 0) is 4.79 Å². The lowest BCUT2D eigenvalue weighted by atomic mass is 9.82. The Labute approximate surface area is 247 Å². The third-order valence-electron chi connectivity index (χ3n) is 7.95. The molecule has 8 nitrogen and oxygen atoms in total. The number of amides is 3. The van der Waals surface area contributed by atoms with Crippen LogP contribution < -0.4 is 10.5 Å². The van der Waals surface area contributed by atoms with E-state index in [-0.39, 0.29) is 35.1 Å². The van der Waals surface area contributed by atoms with Gasteiger partial charge in [0.05, 0.1) is 11.7 Å². The summed E-state index contributed by atoms with van der Waals surface area (Å²) in [7, 11) is 0. The first-order valence-electron chi connectivity index (χ1n) is 13.8. The molecule has 0 bridgehead atoms. The number of hydrogen-bond acceptors (Lipinski definition) is 5. The van der Waals surface area contributed by atoms with Crippen molar-refractivity contribution >= 4 is 27.9 Å². The van der Waals surface area contributed by atoms with E-state index < -0.39 is 12.4 Å². The molecular formula is C29H37BrF3N5O3. The van der Waals surface area contributed by atoms with Gasteiger partial charge in [-0.25, -0.2) is 4.79 Å². The zero-order valence-corrected chi connectivity index (χ0v) is 25.1. The van der Waals surface area contributed by atoms with Gasteiger partial charge in [-0.2, -0.15) is 0 Å². The van der Waals surface area contributed by atoms with Gasteiger partial charge < -0.3 is 20.3 Å². The molecule has 2 fully saturated rings. The molecule has 2 aliphatic rings. The minimum absolute atomic E-state index is 0.0970. The highest BCUT2D eigenvalue weighted by Crippen LogP contribution is 2.36. The molecule has 0 saturated carbocycles. The molecule has 1 aromatic heterocycles. The molecule has 224 valence electrons. The van der Waals surface area contributed by atoms with Gasteiger partial charge in [-0.1, -0.05) is 32.9 Å². The van der Waals surface area contributed by atoms with Crippen molar-refractivity contribution in [2.45, 2.75) is 58.5 Å². The molecule has 1 unspecified atom stereocenters. The quantitative estimate of drug-likeness (QED) is 0.446. The van der Waals surface area contributed by atoms with Crippen LogP contribution >= 0.6 is 15.9 Å². The van der Waals surface area contributed by atoms with Gasteiger partial charge >= 0.3 is 12.4 Å². The van der Waals surface area contributed by atoms with Crippen molar-refractivity contribution in [1.82, 2.24) is 19.7 Å². The Balaban J connectivity index is 1.55. The van der Waals surface area contributed by atoms with Gasteiger partial charge in [0.25, 0.3) is 0 Å². The second-order valence-corrected chi connectivity index (χ2v) is 12.8. The van der Waals surface area contributed by atoms with Crippen molar-refractivity contribution in [2.75, 3.05) is 32.7 Å². The number of rotatable bonds is 6. The van der Waals surface area contributed by atoms with Gasteiger partial charge in [-0.15, -0.1) is 13.2 Å². The Kier molecular flexibility index (Phi) is 9.52. The first kappa shape index (κ1) is 31.1. The molecular weight excluding hydrogens is 603 g/mol. The number of primary amides is 1. The molecule has 3 amide bonds. The molecule has 3 heterocycles. The predicted octanol–water partition coefficient (Wildman–Crippen LogP) is 5.57. The first-order chi connectivity index (χ1) is 19.2. The number of urea groups is 1. The minimum Gasteiger partial charge on any atom is -0.406 e. The Hall–Kier alpha value is -2.86.